The van der Waals surface area contributed by atoms with Gasteiger partial charge in [0.15, 0.2) is 5.82 Å². The fraction of sp³-hybridized carbons (Fsp3) is 0.333. The lowest BCUT2D eigenvalue weighted by Crippen LogP contribution is -2.48. The topological polar surface area (TPSA) is 127 Å². The molecule has 50 heavy (non-hydrogen) atoms. The van der Waals surface area contributed by atoms with Crippen molar-refractivity contribution in [2.24, 2.45) is 5.92 Å². The zero-order valence-corrected chi connectivity index (χ0v) is 29.0. The Morgan fingerprint density at radius 3 is 2.26 bits per heavy atom. The molecule has 11 nitrogen and oxygen atoms in total. The van der Waals surface area contributed by atoms with Crippen molar-refractivity contribution in [2.75, 3.05) is 13.1 Å². The number of hydrogen-bond acceptors (Lipinski definition) is 6. The summed E-state index contributed by atoms with van der Waals surface area (Å²) in [7, 11) is 0. The summed E-state index contributed by atoms with van der Waals surface area (Å²) in [5.41, 5.74) is 4.67. The molecule has 0 bridgehead atoms. The van der Waals surface area contributed by atoms with Crippen LogP contribution in [0, 0.1) is 12.8 Å². The van der Waals surface area contributed by atoms with Crippen LogP contribution in [0.3, 0.4) is 0 Å². The first-order chi connectivity index (χ1) is 24.2. The minimum atomic E-state index is -0.698. The van der Waals surface area contributed by atoms with Gasteiger partial charge in [0.1, 0.15) is 17.6 Å². The maximum Gasteiger partial charge on any atom is 0.257 e. The lowest BCUT2D eigenvalue weighted by molar-refractivity contribution is -0.129. The predicted molar refractivity (Wildman–Crippen MR) is 192 cm³/mol. The smallest absolute Gasteiger partial charge is 0.257 e. The van der Waals surface area contributed by atoms with E-state index in [-0.39, 0.29) is 30.1 Å². The van der Waals surface area contributed by atoms with Crippen molar-refractivity contribution in [3.8, 4) is 28.3 Å². The Bertz CT molecular complexity index is 1930. The molecule has 0 fully saturated rings. The molecule has 3 amide bonds. The Morgan fingerprint density at radius 1 is 0.860 bits per heavy atom. The first-order valence-electron chi connectivity index (χ1n) is 17.3. The average Bonchev–Trinajstić information content (AvgIpc) is 3.75. The molecule has 1 aliphatic rings. The second-order valence-electron chi connectivity index (χ2n) is 13.3. The zero-order valence-electron chi connectivity index (χ0n) is 29.0. The van der Waals surface area contributed by atoms with Crippen LogP contribution in [-0.2, 0) is 16.1 Å². The third kappa shape index (κ3) is 7.99. The van der Waals surface area contributed by atoms with Crippen molar-refractivity contribution in [2.45, 2.75) is 65.6 Å². The number of fused-ring (bicyclic) bond motifs is 1. The second kappa shape index (κ2) is 15.3. The molecule has 0 aliphatic carbocycles. The van der Waals surface area contributed by atoms with Crippen LogP contribution in [0.2, 0.25) is 0 Å². The fourth-order valence-corrected chi connectivity index (χ4v) is 6.20. The summed E-state index contributed by atoms with van der Waals surface area (Å²) >= 11 is 0. The van der Waals surface area contributed by atoms with E-state index in [0.717, 1.165) is 22.4 Å². The largest absolute Gasteiger partial charge is 0.345 e. The summed E-state index contributed by atoms with van der Waals surface area (Å²) in [6, 6.07) is 26.1. The molecule has 2 atom stereocenters. The van der Waals surface area contributed by atoms with Gasteiger partial charge in [0.05, 0.1) is 23.8 Å². The molecule has 1 aliphatic heterocycles. The van der Waals surface area contributed by atoms with Crippen molar-refractivity contribution in [1.82, 2.24) is 40.1 Å². The number of hydrogen-bond donors (Lipinski definition) is 2. The molecular weight excluding hydrogens is 628 g/mol. The van der Waals surface area contributed by atoms with Crippen LogP contribution in [0.25, 0.3) is 28.3 Å². The highest BCUT2D eigenvalue weighted by Crippen LogP contribution is 2.26. The quantitative estimate of drug-likeness (QED) is 0.237. The number of benzene rings is 3. The molecule has 258 valence electrons. The maximum absolute atomic E-state index is 14.6. The van der Waals surface area contributed by atoms with Gasteiger partial charge < -0.3 is 15.5 Å². The Morgan fingerprint density at radius 2 is 1.56 bits per heavy atom. The number of amides is 3. The summed E-state index contributed by atoms with van der Waals surface area (Å²) < 4.78 is 3.52. The minimum Gasteiger partial charge on any atom is -0.345 e. The maximum atomic E-state index is 14.6. The van der Waals surface area contributed by atoms with Gasteiger partial charge in [0.2, 0.25) is 11.8 Å². The summed E-state index contributed by atoms with van der Waals surface area (Å²) in [5, 5.41) is 15.8. The van der Waals surface area contributed by atoms with E-state index in [0.29, 0.717) is 55.4 Å². The zero-order chi connectivity index (χ0) is 35.2. The van der Waals surface area contributed by atoms with Gasteiger partial charge in [0, 0.05) is 36.8 Å². The Labute approximate surface area is 292 Å². The molecule has 6 rings (SSSR count). The lowest BCUT2D eigenvalue weighted by atomic mass is 10.0. The van der Waals surface area contributed by atoms with Gasteiger partial charge in [0.25, 0.3) is 5.91 Å². The number of carbonyl (C=O) groups is 3. The standard InChI is InChI=1S/C39H44N8O3/c1-26(2)24-33-38(49)40-28(4)37-42-36(30-12-7-5-8-13-30)44-46(37)23-22-45(21-11-16-34(48)41-33)39(50)32-25-47(31-14-9-6-10-15-31)43-35(32)29-19-17-27(3)18-20-29/h5-10,12-15,17-20,25-26,28,33H,11,16,21-24H2,1-4H3,(H,40,49)(H,41,48)/t28-,33-/m1/s1. The summed E-state index contributed by atoms with van der Waals surface area (Å²) in [4.78, 5) is 47.9. The molecule has 0 saturated heterocycles. The van der Waals surface area contributed by atoms with Crippen LogP contribution in [0.4, 0.5) is 0 Å². The van der Waals surface area contributed by atoms with E-state index in [1.54, 1.807) is 20.5 Å². The number of nitrogens with one attached hydrogen (secondary N) is 2. The van der Waals surface area contributed by atoms with Gasteiger partial charge in [-0.1, -0.05) is 92.2 Å². The summed E-state index contributed by atoms with van der Waals surface area (Å²) in [6.45, 7) is 8.87. The predicted octanol–water partition coefficient (Wildman–Crippen LogP) is 5.75. The van der Waals surface area contributed by atoms with Crippen LogP contribution in [0.1, 0.15) is 67.8 Å². The summed E-state index contributed by atoms with van der Waals surface area (Å²) in [6.07, 6.45) is 2.86. The van der Waals surface area contributed by atoms with Crippen molar-refractivity contribution >= 4 is 17.7 Å². The molecule has 0 unspecified atom stereocenters. The molecule has 3 aromatic carbocycles. The highest BCUT2D eigenvalue weighted by Gasteiger charge is 2.28. The SMILES string of the molecule is Cc1ccc(-c2nn(-c3ccccc3)cc2C(=O)N2CCCC(=O)N[C@H](CC(C)C)C(=O)N[C@H](C)c3nc(-c4ccccc4)nn3CC2)cc1. The molecule has 0 radical (unpaired) electrons. The number of rotatable bonds is 6. The van der Waals surface area contributed by atoms with Crippen molar-refractivity contribution in [1.29, 1.82) is 0 Å². The van der Waals surface area contributed by atoms with Crippen molar-refractivity contribution < 1.29 is 14.4 Å². The van der Waals surface area contributed by atoms with Gasteiger partial charge in [-0.3, -0.25) is 14.4 Å². The van der Waals surface area contributed by atoms with Crippen LogP contribution in [0.5, 0.6) is 0 Å². The van der Waals surface area contributed by atoms with Crippen molar-refractivity contribution in [3.63, 3.8) is 0 Å². The Kier molecular flexibility index (Phi) is 10.5. The van der Waals surface area contributed by atoms with Gasteiger partial charge >= 0.3 is 0 Å². The Hall–Kier alpha value is -5.58. The Balaban J connectivity index is 1.38. The molecule has 2 aromatic heterocycles. The van der Waals surface area contributed by atoms with Crippen LogP contribution in [-0.4, -0.2) is 66.3 Å². The van der Waals surface area contributed by atoms with Gasteiger partial charge in [-0.05, 0) is 44.7 Å². The first-order valence-corrected chi connectivity index (χ1v) is 17.3. The van der Waals surface area contributed by atoms with E-state index in [1.807, 2.05) is 113 Å². The normalized spacial score (nSPS) is 17.5. The molecule has 0 spiro atoms. The molecule has 0 saturated carbocycles. The van der Waals surface area contributed by atoms with E-state index in [9.17, 15) is 14.4 Å². The number of nitrogens with zero attached hydrogens (tertiary/aromatic N) is 6. The van der Waals surface area contributed by atoms with Gasteiger partial charge in [-0.25, -0.2) is 14.3 Å². The number of aromatic nitrogens is 5. The van der Waals surface area contributed by atoms with E-state index >= 15 is 0 Å². The minimum absolute atomic E-state index is 0.169. The molecular formula is C39H44N8O3. The molecule has 5 aromatic rings. The number of carbonyl (C=O) groups excluding carboxylic acids is 3. The highest BCUT2D eigenvalue weighted by molar-refractivity contribution is 6.00. The molecule has 3 heterocycles. The van der Waals surface area contributed by atoms with E-state index in [2.05, 4.69) is 10.6 Å². The molecule has 2 N–H and O–H groups in total. The highest BCUT2D eigenvalue weighted by atomic mass is 16.2. The second-order valence-corrected chi connectivity index (χ2v) is 13.3. The van der Waals surface area contributed by atoms with Crippen LogP contribution < -0.4 is 10.6 Å². The van der Waals surface area contributed by atoms with E-state index < -0.39 is 12.1 Å². The fourth-order valence-electron chi connectivity index (χ4n) is 6.20. The third-order valence-electron chi connectivity index (χ3n) is 8.83. The number of aryl methyl sites for hydroxylation is 1. The van der Waals surface area contributed by atoms with E-state index in [1.165, 1.54) is 0 Å². The van der Waals surface area contributed by atoms with Gasteiger partial charge in [-0.15, -0.1) is 0 Å². The first kappa shape index (κ1) is 34.3. The van der Waals surface area contributed by atoms with Crippen LogP contribution >= 0.6 is 0 Å². The number of para-hydroxylation sites is 1. The summed E-state index contributed by atoms with van der Waals surface area (Å²) in [5.74, 6) is 0.591. The van der Waals surface area contributed by atoms with Gasteiger partial charge in [-0.2, -0.15) is 10.2 Å². The molecule has 11 heteroatoms. The van der Waals surface area contributed by atoms with Crippen molar-refractivity contribution in [3.05, 3.63) is 108 Å². The third-order valence-corrected chi connectivity index (χ3v) is 8.83. The lowest BCUT2D eigenvalue weighted by Gasteiger charge is -2.26. The average molecular weight is 673 g/mol. The van der Waals surface area contributed by atoms with E-state index in [4.69, 9.17) is 15.2 Å². The van der Waals surface area contributed by atoms with Crippen LogP contribution in [0.15, 0.2) is 91.1 Å². The monoisotopic (exact) mass is 672 g/mol.